The number of aryl methyl sites for hydroxylation is 1. The third-order valence-electron chi connectivity index (χ3n) is 5.23. The molecule has 0 unspecified atom stereocenters. The molecule has 158 valence electrons. The lowest BCUT2D eigenvalue weighted by atomic mass is 9.97. The second-order valence-electron chi connectivity index (χ2n) is 7.69. The summed E-state index contributed by atoms with van der Waals surface area (Å²) in [7, 11) is 0. The van der Waals surface area contributed by atoms with E-state index in [-0.39, 0.29) is 11.8 Å². The highest BCUT2D eigenvalue weighted by molar-refractivity contribution is 5.93. The quantitative estimate of drug-likeness (QED) is 0.397. The SMILES string of the molecule is O=C(CCc1ccccc1)Nc1ccc(NC(=O)CNCCC2=CCCCC2)cc1. The molecule has 0 fully saturated rings. The molecule has 0 heterocycles. The van der Waals surface area contributed by atoms with Crippen molar-refractivity contribution in [2.24, 2.45) is 0 Å². The summed E-state index contributed by atoms with van der Waals surface area (Å²) in [5, 5.41) is 8.98. The number of hydrogen-bond acceptors (Lipinski definition) is 3. The van der Waals surface area contributed by atoms with Gasteiger partial charge in [0.15, 0.2) is 0 Å². The fourth-order valence-corrected chi connectivity index (χ4v) is 3.55. The second kappa shape index (κ2) is 11.9. The summed E-state index contributed by atoms with van der Waals surface area (Å²) in [5.74, 6) is -0.0832. The molecule has 0 bridgehead atoms. The summed E-state index contributed by atoms with van der Waals surface area (Å²) >= 11 is 0. The fraction of sp³-hybridized carbons (Fsp3) is 0.360. The molecule has 5 nitrogen and oxygen atoms in total. The van der Waals surface area contributed by atoms with Gasteiger partial charge in [0.1, 0.15) is 0 Å². The van der Waals surface area contributed by atoms with Crippen LogP contribution in [-0.2, 0) is 16.0 Å². The van der Waals surface area contributed by atoms with E-state index in [1.54, 1.807) is 24.3 Å². The zero-order chi connectivity index (χ0) is 21.0. The van der Waals surface area contributed by atoms with Gasteiger partial charge in [0.2, 0.25) is 11.8 Å². The number of rotatable bonds is 10. The molecule has 0 radical (unpaired) electrons. The lowest BCUT2D eigenvalue weighted by Crippen LogP contribution is -2.29. The van der Waals surface area contributed by atoms with Crippen LogP contribution in [0.3, 0.4) is 0 Å². The Morgan fingerprint density at radius 2 is 1.50 bits per heavy atom. The summed E-state index contributed by atoms with van der Waals surface area (Å²) < 4.78 is 0. The molecule has 2 aromatic carbocycles. The number of benzene rings is 2. The third kappa shape index (κ3) is 7.84. The van der Waals surface area contributed by atoms with E-state index in [1.807, 2.05) is 30.3 Å². The maximum absolute atomic E-state index is 12.1. The molecule has 5 heteroatoms. The van der Waals surface area contributed by atoms with Crippen molar-refractivity contribution in [3.05, 3.63) is 71.8 Å². The van der Waals surface area contributed by atoms with Crippen molar-refractivity contribution in [3.8, 4) is 0 Å². The highest BCUT2D eigenvalue weighted by atomic mass is 16.2. The number of carbonyl (C=O) groups is 2. The van der Waals surface area contributed by atoms with Crippen LogP contribution < -0.4 is 16.0 Å². The van der Waals surface area contributed by atoms with E-state index in [1.165, 1.54) is 31.3 Å². The molecular weight excluding hydrogens is 374 g/mol. The molecule has 0 saturated carbocycles. The lowest BCUT2D eigenvalue weighted by molar-refractivity contribution is -0.116. The van der Waals surface area contributed by atoms with Crippen LogP contribution in [0, 0.1) is 0 Å². The number of hydrogen-bond donors (Lipinski definition) is 3. The van der Waals surface area contributed by atoms with Crippen LogP contribution in [0.4, 0.5) is 11.4 Å². The van der Waals surface area contributed by atoms with Gasteiger partial charge < -0.3 is 16.0 Å². The summed E-state index contributed by atoms with van der Waals surface area (Å²) in [6.45, 7) is 1.12. The first kappa shape index (κ1) is 21.8. The van der Waals surface area contributed by atoms with Crippen LogP contribution in [-0.4, -0.2) is 24.9 Å². The first-order valence-electron chi connectivity index (χ1n) is 10.8. The summed E-state index contributed by atoms with van der Waals surface area (Å²) in [5.41, 5.74) is 4.11. The Kier molecular flexibility index (Phi) is 8.66. The van der Waals surface area contributed by atoms with E-state index in [0.717, 1.165) is 29.9 Å². The maximum atomic E-state index is 12.1. The van der Waals surface area contributed by atoms with Crippen molar-refractivity contribution in [3.63, 3.8) is 0 Å². The smallest absolute Gasteiger partial charge is 0.238 e. The molecule has 3 N–H and O–H groups in total. The Hall–Kier alpha value is -2.92. The maximum Gasteiger partial charge on any atom is 0.238 e. The average molecular weight is 406 g/mol. The van der Waals surface area contributed by atoms with Crippen LogP contribution in [0.5, 0.6) is 0 Å². The predicted molar refractivity (Wildman–Crippen MR) is 123 cm³/mol. The van der Waals surface area contributed by atoms with E-state index in [9.17, 15) is 9.59 Å². The molecule has 2 amide bonds. The van der Waals surface area contributed by atoms with Crippen LogP contribution in [0.15, 0.2) is 66.2 Å². The first-order valence-corrected chi connectivity index (χ1v) is 10.8. The van der Waals surface area contributed by atoms with E-state index in [0.29, 0.717) is 19.4 Å². The van der Waals surface area contributed by atoms with Gasteiger partial charge in [-0.15, -0.1) is 0 Å². The highest BCUT2D eigenvalue weighted by Gasteiger charge is 2.06. The van der Waals surface area contributed by atoms with Gasteiger partial charge in [-0.2, -0.15) is 0 Å². The third-order valence-corrected chi connectivity index (χ3v) is 5.23. The highest BCUT2D eigenvalue weighted by Crippen LogP contribution is 2.19. The van der Waals surface area contributed by atoms with Crippen molar-refractivity contribution in [1.82, 2.24) is 5.32 Å². The second-order valence-corrected chi connectivity index (χ2v) is 7.69. The summed E-state index contributed by atoms with van der Waals surface area (Å²) in [6.07, 6.45) is 9.49. The predicted octanol–water partition coefficient (Wildman–Crippen LogP) is 4.68. The molecule has 0 spiro atoms. The van der Waals surface area contributed by atoms with Crippen LogP contribution in [0.25, 0.3) is 0 Å². The van der Waals surface area contributed by atoms with Crippen molar-refractivity contribution in [2.75, 3.05) is 23.7 Å². The van der Waals surface area contributed by atoms with Gasteiger partial charge >= 0.3 is 0 Å². The van der Waals surface area contributed by atoms with E-state index >= 15 is 0 Å². The average Bonchev–Trinajstić information content (AvgIpc) is 2.78. The Morgan fingerprint density at radius 3 is 2.17 bits per heavy atom. The molecule has 1 aliphatic rings. The van der Waals surface area contributed by atoms with E-state index in [4.69, 9.17) is 0 Å². The normalized spacial score (nSPS) is 13.4. The molecule has 30 heavy (non-hydrogen) atoms. The zero-order valence-corrected chi connectivity index (χ0v) is 17.5. The van der Waals surface area contributed by atoms with Crippen LogP contribution in [0.2, 0.25) is 0 Å². The van der Waals surface area contributed by atoms with Crippen molar-refractivity contribution in [2.45, 2.75) is 44.9 Å². The van der Waals surface area contributed by atoms with Crippen LogP contribution in [0.1, 0.15) is 44.1 Å². The molecule has 0 atom stereocenters. The standard InChI is InChI=1S/C25H31N3O2/c29-24(16-11-20-7-3-1-4-8-20)27-22-12-14-23(15-13-22)28-25(30)19-26-18-17-21-9-5-2-6-10-21/h1,3-4,7-9,12-15,26H,2,5-6,10-11,16-19H2,(H,27,29)(H,28,30). The van der Waals surface area contributed by atoms with Crippen molar-refractivity contribution in [1.29, 1.82) is 0 Å². The molecule has 3 rings (SSSR count). The van der Waals surface area contributed by atoms with Gasteiger partial charge in [0.25, 0.3) is 0 Å². The van der Waals surface area contributed by atoms with Gasteiger partial charge in [-0.1, -0.05) is 42.0 Å². The topological polar surface area (TPSA) is 70.2 Å². The minimum absolute atomic E-state index is 0.0204. The number of allylic oxidation sites excluding steroid dienone is 1. The monoisotopic (exact) mass is 405 g/mol. The molecule has 0 saturated heterocycles. The number of amides is 2. The molecule has 0 aromatic heterocycles. The van der Waals surface area contributed by atoms with E-state index < -0.39 is 0 Å². The van der Waals surface area contributed by atoms with Crippen molar-refractivity contribution >= 4 is 23.2 Å². The Morgan fingerprint density at radius 1 is 0.800 bits per heavy atom. The summed E-state index contributed by atoms with van der Waals surface area (Å²) in [6, 6.07) is 17.2. The number of anilines is 2. The molecular formula is C25H31N3O2. The minimum atomic E-state index is -0.0627. The number of carbonyl (C=O) groups excluding carboxylic acids is 2. The Balaban J connectivity index is 1.33. The van der Waals surface area contributed by atoms with Gasteiger partial charge in [-0.25, -0.2) is 0 Å². The van der Waals surface area contributed by atoms with Crippen LogP contribution >= 0.6 is 0 Å². The van der Waals surface area contributed by atoms with Gasteiger partial charge in [0.05, 0.1) is 6.54 Å². The summed E-state index contributed by atoms with van der Waals surface area (Å²) in [4.78, 5) is 24.2. The fourth-order valence-electron chi connectivity index (χ4n) is 3.55. The van der Waals surface area contributed by atoms with Gasteiger partial charge in [0, 0.05) is 17.8 Å². The molecule has 2 aromatic rings. The van der Waals surface area contributed by atoms with E-state index in [2.05, 4.69) is 22.0 Å². The largest absolute Gasteiger partial charge is 0.326 e. The molecule has 0 aliphatic heterocycles. The van der Waals surface area contributed by atoms with Crippen molar-refractivity contribution < 1.29 is 9.59 Å². The van der Waals surface area contributed by atoms with Gasteiger partial charge in [-0.05, 0) is 74.9 Å². The Bertz CT molecular complexity index is 844. The number of nitrogens with one attached hydrogen (secondary N) is 3. The molecule has 1 aliphatic carbocycles. The zero-order valence-electron chi connectivity index (χ0n) is 17.5. The van der Waals surface area contributed by atoms with Gasteiger partial charge in [-0.3, -0.25) is 9.59 Å². The minimum Gasteiger partial charge on any atom is -0.326 e. The Labute approximate surface area is 179 Å². The first-order chi connectivity index (χ1) is 14.7. The lowest BCUT2D eigenvalue weighted by Gasteiger charge is -2.13.